The van der Waals surface area contributed by atoms with E-state index in [1.807, 2.05) is 44.2 Å². The molecule has 0 spiro atoms. The van der Waals surface area contributed by atoms with Crippen LogP contribution < -0.4 is 5.32 Å². The van der Waals surface area contributed by atoms with E-state index < -0.39 is 6.04 Å². The average Bonchev–Trinajstić information content (AvgIpc) is 2.92. The molecule has 0 saturated carbocycles. The lowest BCUT2D eigenvalue weighted by molar-refractivity contribution is -0.142. The van der Waals surface area contributed by atoms with E-state index in [0.717, 1.165) is 5.69 Å². The topological polar surface area (TPSA) is 81.9 Å². The number of para-hydroxylation sites is 1. The van der Waals surface area contributed by atoms with Gasteiger partial charge in [-0.3, -0.25) is 0 Å². The van der Waals surface area contributed by atoms with Gasteiger partial charge in [-0.25, -0.2) is 4.79 Å². The number of nitrogens with one attached hydrogen (secondary N) is 1. The van der Waals surface area contributed by atoms with Gasteiger partial charge in [-0.1, -0.05) is 37.1 Å². The molecule has 7 nitrogen and oxygen atoms in total. The molecule has 0 fully saturated rings. The zero-order valence-electron chi connectivity index (χ0n) is 11.6. The summed E-state index contributed by atoms with van der Waals surface area (Å²) < 4.78 is 6.33. The van der Waals surface area contributed by atoms with E-state index in [1.54, 1.807) is 4.68 Å². The number of methoxy groups -OCH3 is 1. The van der Waals surface area contributed by atoms with Crippen LogP contribution in [0, 0.1) is 5.92 Å². The maximum atomic E-state index is 11.8. The maximum absolute atomic E-state index is 11.8. The molecule has 0 amide bonds. The number of carbonyl (C=O) groups excluding carboxylic acids is 1. The highest BCUT2D eigenvalue weighted by Crippen LogP contribution is 2.14. The summed E-state index contributed by atoms with van der Waals surface area (Å²) in [7, 11) is 1.36. The fourth-order valence-corrected chi connectivity index (χ4v) is 1.78. The number of nitrogens with zero attached hydrogens (tertiary/aromatic N) is 4. The minimum Gasteiger partial charge on any atom is -0.467 e. The van der Waals surface area contributed by atoms with Gasteiger partial charge in [-0.15, -0.1) is 0 Å². The van der Waals surface area contributed by atoms with Gasteiger partial charge in [-0.2, -0.15) is 4.68 Å². The van der Waals surface area contributed by atoms with Crippen molar-refractivity contribution in [2.24, 2.45) is 5.92 Å². The summed E-state index contributed by atoms with van der Waals surface area (Å²) in [6.07, 6.45) is 0. The second-order valence-electron chi connectivity index (χ2n) is 4.64. The van der Waals surface area contributed by atoms with Crippen molar-refractivity contribution in [1.29, 1.82) is 0 Å². The molecule has 2 rings (SSSR count). The Labute approximate surface area is 116 Å². The second kappa shape index (κ2) is 6.14. The Morgan fingerprint density at radius 2 is 2.00 bits per heavy atom. The number of aromatic nitrogens is 4. The highest BCUT2D eigenvalue weighted by atomic mass is 16.5. The van der Waals surface area contributed by atoms with Crippen LogP contribution in [0.15, 0.2) is 30.3 Å². The first-order valence-corrected chi connectivity index (χ1v) is 6.31. The normalized spacial score (nSPS) is 12.2. The number of anilines is 1. The minimum absolute atomic E-state index is 0.0448. The molecular weight excluding hydrogens is 258 g/mol. The number of rotatable bonds is 5. The summed E-state index contributed by atoms with van der Waals surface area (Å²) in [6.45, 7) is 3.84. The Morgan fingerprint density at radius 1 is 1.30 bits per heavy atom. The Morgan fingerprint density at radius 3 is 2.60 bits per heavy atom. The number of esters is 1. The van der Waals surface area contributed by atoms with Gasteiger partial charge in [0.1, 0.15) is 6.04 Å². The maximum Gasteiger partial charge on any atom is 0.328 e. The first kappa shape index (κ1) is 14.0. The van der Waals surface area contributed by atoms with Crippen molar-refractivity contribution in [3.63, 3.8) is 0 Å². The molecule has 1 aromatic heterocycles. The second-order valence-corrected chi connectivity index (χ2v) is 4.64. The number of tetrazole rings is 1. The molecule has 1 aromatic carbocycles. The molecule has 7 heteroatoms. The van der Waals surface area contributed by atoms with Crippen LogP contribution in [0.4, 0.5) is 5.95 Å². The van der Waals surface area contributed by atoms with Crippen LogP contribution >= 0.6 is 0 Å². The van der Waals surface area contributed by atoms with Gasteiger partial charge in [0.25, 0.3) is 0 Å². The van der Waals surface area contributed by atoms with Crippen LogP contribution in [0.3, 0.4) is 0 Å². The summed E-state index contributed by atoms with van der Waals surface area (Å²) in [5.74, 6) is 0.103. The molecule has 0 aliphatic heterocycles. The van der Waals surface area contributed by atoms with E-state index in [2.05, 4.69) is 20.8 Å². The SMILES string of the molecule is COC(=O)C(Nc1nnnn1-c1ccccc1)C(C)C. The predicted octanol–water partition coefficient (Wildman–Crippen LogP) is 1.27. The van der Waals surface area contributed by atoms with Crippen LogP contribution in [0.1, 0.15) is 13.8 Å². The van der Waals surface area contributed by atoms with Crippen LogP contribution in [-0.2, 0) is 9.53 Å². The highest BCUT2D eigenvalue weighted by molar-refractivity contribution is 5.78. The molecule has 106 valence electrons. The van der Waals surface area contributed by atoms with E-state index in [4.69, 9.17) is 4.74 Å². The van der Waals surface area contributed by atoms with Gasteiger partial charge in [-0.05, 0) is 28.5 Å². The molecule has 1 heterocycles. The molecule has 0 aliphatic carbocycles. The number of hydrogen-bond donors (Lipinski definition) is 1. The van der Waals surface area contributed by atoms with Crippen molar-refractivity contribution in [1.82, 2.24) is 20.2 Å². The summed E-state index contributed by atoms with van der Waals surface area (Å²) >= 11 is 0. The third kappa shape index (κ3) is 2.93. The molecule has 2 aromatic rings. The Kier molecular flexibility index (Phi) is 4.29. The van der Waals surface area contributed by atoms with E-state index in [1.165, 1.54) is 7.11 Å². The highest BCUT2D eigenvalue weighted by Gasteiger charge is 2.25. The predicted molar refractivity (Wildman–Crippen MR) is 73.4 cm³/mol. The van der Waals surface area contributed by atoms with E-state index in [-0.39, 0.29) is 11.9 Å². The lowest BCUT2D eigenvalue weighted by Gasteiger charge is -2.19. The summed E-state index contributed by atoms with van der Waals surface area (Å²) in [5, 5.41) is 14.5. The van der Waals surface area contributed by atoms with Crippen molar-refractivity contribution in [2.45, 2.75) is 19.9 Å². The van der Waals surface area contributed by atoms with Crippen molar-refractivity contribution >= 4 is 11.9 Å². The number of ether oxygens (including phenoxy) is 1. The zero-order valence-corrected chi connectivity index (χ0v) is 11.6. The lowest BCUT2D eigenvalue weighted by atomic mass is 10.1. The Hall–Kier alpha value is -2.44. The van der Waals surface area contributed by atoms with Crippen molar-refractivity contribution in [2.75, 3.05) is 12.4 Å². The summed E-state index contributed by atoms with van der Waals surface area (Å²) in [6, 6.07) is 8.94. The fraction of sp³-hybridized carbons (Fsp3) is 0.385. The monoisotopic (exact) mass is 275 g/mol. The number of carbonyl (C=O) groups is 1. The first-order valence-electron chi connectivity index (χ1n) is 6.31. The molecule has 20 heavy (non-hydrogen) atoms. The molecule has 0 saturated heterocycles. The average molecular weight is 275 g/mol. The summed E-state index contributed by atoms with van der Waals surface area (Å²) in [5.41, 5.74) is 0.812. The van der Waals surface area contributed by atoms with E-state index in [9.17, 15) is 4.79 Å². The van der Waals surface area contributed by atoms with E-state index in [0.29, 0.717) is 5.95 Å². The van der Waals surface area contributed by atoms with Gasteiger partial charge in [0.15, 0.2) is 0 Å². The summed E-state index contributed by atoms with van der Waals surface area (Å²) in [4.78, 5) is 11.8. The number of benzene rings is 1. The smallest absolute Gasteiger partial charge is 0.328 e. The Balaban J connectivity index is 2.26. The van der Waals surface area contributed by atoms with Gasteiger partial charge in [0.05, 0.1) is 12.8 Å². The molecule has 0 radical (unpaired) electrons. The standard InChI is InChI=1S/C13H17N5O2/c1-9(2)11(12(19)20-3)14-13-15-16-17-18(13)10-7-5-4-6-8-10/h4-9,11H,1-3H3,(H,14,15,17). The first-order chi connectivity index (χ1) is 9.63. The van der Waals surface area contributed by atoms with Gasteiger partial charge >= 0.3 is 5.97 Å². The molecular formula is C13H17N5O2. The van der Waals surface area contributed by atoms with Crippen molar-refractivity contribution in [3.8, 4) is 5.69 Å². The minimum atomic E-state index is -0.506. The van der Waals surface area contributed by atoms with Crippen LogP contribution in [0.5, 0.6) is 0 Å². The molecule has 1 N–H and O–H groups in total. The number of hydrogen-bond acceptors (Lipinski definition) is 6. The Bertz CT molecular complexity index is 567. The molecule has 1 unspecified atom stereocenters. The van der Waals surface area contributed by atoms with Gasteiger partial charge in [0.2, 0.25) is 5.95 Å². The zero-order chi connectivity index (χ0) is 14.5. The van der Waals surface area contributed by atoms with Crippen LogP contribution in [-0.4, -0.2) is 39.3 Å². The third-order valence-corrected chi connectivity index (χ3v) is 2.88. The third-order valence-electron chi connectivity index (χ3n) is 2.88. The van der Waals surface area contributed by atoms with Crippen molar-refractivity contribution in [3.05, 3.63) is 30.3 Å². The van der Waals surface area contributed by atoms with Gasteiger partial charge < -0.3 is 10.1 Å². The quantitative estimate of drug-likeness (QED) is 0.828. The van der Waals surface area contributed by atoms with Gasteiger partial charge in [0, 0.05) is 0 Å². The van der Waals surface area contributed by atoms with E-state index >= 15 is 0 Å². The molecule has 0 aliphatic rings. The van der Waals surface area contributed by atoms with Crippen LogP contribution in [0.2, 0.25) is 0 Å². The molecule has 1 atom stereocenters. The molecule has 0 bridgehead atoms. The lowest BCUT2D eigenvalue weighted by Crippen LogP contribution is -2.36. The largest absolute Gasteiger partial charge is 0.467 e. The fourth-order valence-electron chi connectivity index (χ4n) is 1.78. The van der Waals surface area contributed by atoms with Crippen molar-refractivity contribution < 1.29 is 9.53 Å². The van der Waals surface area contributed by atoms with Crippen LogP contribution in [0.25, 0.3) is 5.69 Å².